The summed E-state index contributed by atoms with van der Waals surface area (Å²) in [6.07, 6.45) is 2.31. The van der Waals surface area contributed by atoms with Crippen LogP contribution < -0.4 is 10.6 Å². The quantitative estimate of drug-likeness (QED) is 0.669. The third kappa shape index (κ3) is 3.04. The zero-order chi connectivity index (χ0) is 14.7. The highest BCUT2D eigenvalue weighted by Crippen LogP contribution is 2.31. The first-order chi connectivity index (χ1) is 9.52. The molecule has 1 saturated heterocycles. The first-order valence-electron chi connectivity index (χ1n) is 6.92. The minimum Gasteiger partial charge on any atom is -0.465 e. The van der Waals surface area contributed by atoms with Crippen molar-refractivity contribution in [3.05, 3.63) is 23.8 Å². The molecule has 0 aromatic heterocycles. The molecule has 0 amide bonds. The lowest BCUT2D eigenvalue weighted by Crippen LogP contribution is -2.38. The van der Waals surface area contributed by atoms with E-state index in [0.29, 0.717) is 17.3 Å². The van der Waals surface area contributed by atoms with Crippen molar-refractivity contribution in [1.29, 1.82) is 0 Å². The number of carbonyl (C=O) groups is 1. The molecule has 1 aliphatic rings. The van der Waals surface area contributed by atoms with Gasteiger partial charge in [-0.05, 0) is 45.1 Å². The number of carbonyl (C=O) groups excluding carboxylic acids is 1. The van der Waals surface area contributed by atoms with Gasteiger partial charge in [-0.25, -0.2) is 4.79 Å². The predicted molar refractivity (Wildman–Crippen MR) is 81.1 cm³/mol. The molecule has 1 atom stereocenters. The summed E-state index contributed by atoms with van der Waals surface area (Å²) < 4.78 is 4.78. The number of likely N-dealkylation sites (N-methyl/N-ethyl adjacent to an activating group) is 1. The number of anilines is 2. The number of nitrogens with two attached hydrogens (primary N) is 1. The average Bonchev–Trinajstić information content (AvgIpc) is 2.85. The summed E-state index contributed by atoms with van der Waals surface area (Å²) in [4.78, 5) is 16.2. The number of hydrogen-bond acceptors (Lipinski definition) is 5. The van der Waals surface area contributed by atoms with Crippen LogP contribution in [0.15, 0.2) is 18.2 Å². The van der Waals surface area contributed by atoms with E-state index in [1.807, 2.05) is 6.07 Å². The Hall–Kier alpha value is -1.75. The summed E-state index contributed by atoms with van der Waals surface area (Å²) in [6.45, 7) is 1.97. The van der Waals surface area contributed by atoms with Gasteiger partial charge in [-0.1, -0.05) is 0 Å². The summed E-state index contributed by atoms with van der Waals surface area (Å²) >= 11 is 0. The first kappa shape index (κ1) is 14.7. The second-order valence-corrected chi connectivity index (χ2v) is 5.52. The largest absolute Gasteiger partial charge is 0.465 e. The van der Waals surface area contributed by atoms with Crippen molar-refractivity contribution in [2.75, 3.05) is 44.9 Å². The molecule has 1 heterocycles. The molecule has 0 aliphatic carbocycles. The molecule has 5 nitrogen and oxygen atoms in total. The van der Waals surface area contributed by atoms with Crippen molar-refractivity contribution in [1.82, 2.24) is 4.90 Å². The third-order valence-corrected chi connectivity index (χ3v) is 3.71. The Morgan fingerprint density at radius 2 is 2.25 bits per heavy atom. The Morgan fingerprint density at radius 3 is 2.90 bits per heavy atom. The highest BCUT2D eigenvalue weighted by Gasteiger charge is 2.27. The highest BCUT2D eigenvalue weighted by atomic mass is 16.5. The van der Waals surface area contributed by atoms with Crippen LogP contribution in [0.2, 0.25) is 0 Å². The fourth-order valence-electron chi connectivity index (χ4n) is 2.80. The maximum absolute atomic E-state index is 11.7. The van der Waals surface area contributed by atoms with Crippen LogP contribution in [0.4, 0.5) is 11.4 Å². The summed E-state index contributed by atoms with van der Waals surface area (Å²) in [5.41, 5.74) is 8.30. The second kappa shape index (κ2) is 6.13. The van der Waals surface area contributed by atoms with Crippen LogP contribution in [0.3, 0.4) is 0 Å². The molecule has 0 spiro atoms. The van der Waals surface area contributed by atoms with Gasteiger partial charge < -0.3 is 20.3 Å². The molecule has 110 valence electrons. The Morgan fingerprint density at radius 1 is 1.50 bits per heavy atom. The van der Waals surface area contributed by atoms with Crippen molar-refractivity contribution in [3.63, 3.8) is 0 Å². The van der Waals surface area contributed by atoms with Crippen molar-refractivity contribution >= 4 is 17.3 Å². The van der Waals surface area contributed by atoms with Gasteiger partial charge in [0, 0.05) is 19.1 Å². The summed E-state index contributed by atoms with van der Waals surface area (Å²) in [5.74, 6) is -0.324. The van der Waals surface area contributed by atoms with Gasteiger partial charge in [-0.2, -0.15) is 0 Å². The van der Waals surface area contributed by atoms with Gasteiger partial charge in [0.2, 0.25) is 0 Å². The van der Waals surface area contributed by atoms with Gasteiger partial charge in [0.1, 0.15) is 0 Å². The Balaban J connectivity index is 2.28. The van der Waals surface area contributed by atoms with E-state index in [0.717, 1.165) is 31.6 Å². The van der Waals surface area contributed by atoms with Crippen LogP contribution >= 0.6 is 0 Å². The van der Waals surface area contributed by atoms with Crippen molar-refractivity contribution in [3.8, 4) is 0 Å². The van der Waals surface area contributed by atoms with Gasteiger partial charge in [-0.3, -0.25) is 0 Å². The molecule has 2 N–H and O–H groups in total. The van der Waals surface area contributed by atoms with Crippen LogP contribution in [0, 0.1) is 0 Å². The molecule has 1 fully saturated rings. The van der Waals surface area contributed by atoms with E-state index in [1.165, 1.54) is 7.11 Å². The molecule has 1 aliphatic heterocycles. The fourth-order valence-corrected chi connectivity index (χ4v) is 2.80. The highest BCUT2D eigenvalue weighted by molar-refractivity contribution is 5.92. The first-order valence-corrected chi connectivity index (χ1v) is 6.92. The third-order valence-electron chi connectivity index (χ3n) is 3.71. The van der Waals surface area contributed by atoms with Crippen LogP contribution in [-0.4, -0.2) is 51.2 Å². The van der Waals surface area contributed by atoms with E-state index < -0.39 is 0 Å². The molecule has 0 saturated carbocycles. The fraction of sp³-hybridized carbons (Fsp3) is 0.533. The SMILES string of the molecule is COC(=O)c1ccc(N)c(N2CCCC2CN(C)C)c1. The average molecular weight is 277 g/mol. The van der Waals surface area contributed by atoms with E-state index >= 15 is 0 Å². The lowest BCUT2D eigenvalue weighted by Gasteiger charge is -2.30. The number of esters is 1. The zero-order valence-electron chi connectivity index (χ0n) is 12.4. The predicted octanol–water partition coefficient (Wildman–Crippen LogP) is 1.59. The van der Waals surface area contributed by atoms with Gasteiger partial charge in [-0.15, -0.1) is 0 Å². The Bertz CT molecular complexity index is 488. The monoisotopic (exact) mass is 277 g/mol. The van der Waals surface area contributed by atoms with Crippen LogP contribution in [0.5, 0.6) is 0 Å². The summed E-state index contributed by atoms with van der Waals surface area (Å²) in [7, 11) is 5.54. The van der Waals surface area contributed by atoms with Crippen molar-refractivity contribution in [2.45, 2.75) is 18.9 Å². The number of rotatable bonds is 4. The topological polar surface area (TPSA) is 58.8 Å². The number of nitrogens with zero attached hydrogens (tertiary/aromatic N) is 2. The van der Waals surface area contributed by atoms with Gasteiger partial charge >= 0.3 is 5.97 Å². The van der Waals surface area contributed by atoms with Crippen LogP contribution in [-0.2, 0) is 4.74 Å². The van der Waals surface area contributed by atoms with Crippen molar-refractivity contribution in [2.24, 2.45) is 0 Å². The van der Waals surface area contributed by atoms with E-state index in [1.54, 1.807) is 12.1 Å². The smallest absolute Gasteiger partial charge is 0.337 e. The molecule has 0 bridgehead atoms. The van der Waals surface area contributed by atoms with E-state index in [4.69, 9.17) is 10.5 Å². The number of methoxy groups -OCH3 is 1. The molecule has 5 heteroatoms. The lowest BCUT2D eigenvalue weighted by atomic mass is 10.1. The van der Waals surface area contributed by atoms with Crippen LogP contribution in [0.25, 0.3) is 0 Å². The normalized spacial score (nSPS) is 18.6. The molecular weight excluding hydrogens is 254 g/mol. The molecule has 1 aromatic rings. The van der Waals surface area contributed by atoms with Gasteiger partial charge in [0.05, 0.1) is 24.0 Å². The molecule has 2 rings (SSSR count). The molecular formula is C15H23N3O2. The minimum atomic E-state index is -0.324. The number of ether oxygens (including phenoxy) is 1. The minimum absolute atomic E-state index is 0.324. The molecule has 20 heavy (non-hydrogen) atoms. The van der Waals surface area contributed by atoms with Crippen molar-refractivity contribution < 1.29 is 9.53 Å². The van der Waals surface area contributed by atoms with E-state index in [9.17, 15) is 4.79 Å². The van der Waals surface area contributed by atoms with Gasteiger partial charge in [0.15, 0.2) is 0 Å². The van der Waals surface area contributed by atoms with Gasteiger partial charge in [0.25, 0.3) is 0 Å². The second-order valence-electron chi connectivity index (χ2n) is 5.52. The Kier molecular flexibility index (Phi) is 4.49. The lowest BCUT2D eigenvalue weighted by molar-refractivity contribution is 0.0601. The summed E-state index contributed by atoms with van der Waals surface area (Å²) in [5, 5.41) is 0. The molecule has 0 radical (unpaired) electrons. The molecule has 1 unspecified atom stereocenters. The number of benzene rings is 1. The summed E-state index contributed by atoms with van der Waals surface area (Å²) in [6, 6.07) is 5.78. The standard InChI is InChI=1S/C15H23N3O2/c1-17(2)10-12-5-4-8-18(12)14-9-11(15(19)20-3)6-7-13(14)16/h6-7,9,12H,4-5,8,10,16H2,1-3H3. The van der Waals surface area contributed by atoms with E-state index in [2.05, 4.69) is 23.9 Å². The molecule has 1 aromatic carbocycles. The van der Waals surface area contributed by atoms with Crippen LogP contribution in [0.1, 0.15) is 23.2 Å². The Labute approximate surface area is 120 Å². The number of hydrogen-bond donors (Lipinski definition) is 1. The van der Waals surface area contributed by atoms with E-state index in [-0.39, 0.29) is 5.97 Å². The zero-order valence-corrected chi connectivity index (χ0v) is 12.4. The maximum Gasteiger partial charge on any atom is 0.337 e. The maximum atomic E-state index is 11.7. The number of nitrogen functional groups attached to an aromatic ring is 1.